The van der Waals surface area contributed by atoms with Gasteiger partial charge in [0.15, 0.2) is 5.78 Å². The molecule has 5 atom stereocenters. The molecule has 264 valence electrons. The number of nitrogens with one attached hydrogen (secondary N) is 4. The Morgan fingerprint density at radius 3 is 1.96 bits per heavy atom. The number of nitrogens with zero attached hydrogens (tertiary/aromatic N) is 2. The van der Waals surface area contributed by atoms with Crippen molar-refractivity contribution in [2.45, 2.75) is 78.7 Å². The molecule has 2 aromatic carbocycles. The summed E-state index contributed by atoms with van der Waals surface area (Å²) in [6.45, 7) is 9.88. The number of hydrogen-bond acceptors (Lipinski definition) is 9. The fraction of sp³-hybridized carbons (Fsp3) is 0.444. The van der Waals surface area contributed by atoms with Crippen molar-refractivity contribution < 1.29 is 28.7 Å². The van der Waals surface area contributed by atoms with E-state index in [0.29, 0.717) is 11.3 Å². The second-order valence-corrected chi connectivity index (χ2v) is 12.8. The predicted molar refractivity (Wildman–Crippen MR) is 184 cm³/mol. The van der Waals surface area contributed by atoms with Gasteiger partial charge in [-0.05, 0) is 23.0 Å². The van der Waals surface area contributed by atoms with E-state index in [1.807, 2.05) is 50.2 Å². The first-order valence-electron chi connectivity index (χ1n) is 16.4. The number of carbonyl (C=O) groups is 5. The van der Waals surface area contributed by atoms with Crippen LogP contribution in [0.25, 0.3) is 0 Å². The normalized spacial score (nSPS) is 14.4. The van der Waals surface area contributed by atoms with Gasteiger partial charge in [0.2, 0.25) is 11.8 Å². The molecule has 0 radical (unpaired) electrons. The Hall–Kier alpha value is -4.88. The number of imidazole rings is 1. The van der Waals surface area contributed by atoms with Gasteiger partial charge in [0, 0.05) is 32.6 Å². The fourth-order valence-electron chi connectivity index (χ4n) is 5.59. The van der Waals surface area contributed by atoms with E-state index in [1.165, 1.54) is 20.2 Å². The van der Waals surface area contributed by atoms with Crippen LogP contribution in [0.5, 0.6) is 0 Å². The number of benzene rings is 2. The molecule has 0 bridgehead atoms. The van der Waals surface area contributed by atoms with E-state index in [0.717, 1.165) is 5.56 Å². The minimum absolute atomic E-state index is 0.158. The second-order valence-electron chi connectivity index (χ2n) is 12.8. The lowest BCUT2D eigenvalue weighted by Gasteiger charge is -2.37. The van der Waals surface area contributed by atoms with Crippen LogP contribution in [0.2, 0.25) is 0 Å². The fourth-order valence-corrected chi connectivity index (χ4v) is 5.59. The van der Waals surface area contributed by atoms with Crippen molar-refractivity contribution in [2.24, 2.45) is 23.5 Å². The van der Waals surface area contributed by atoms with Gasteiger partial charge in [0.05, 0.1) is 36.9 Å². The molecule has 6 N–H and O–H groups in total. The molecule has 0 saturated heterocycles. The average molecular weight is 676 g/mol. The SMILES string of the molecule is CC(=O)N[C@H](C(=O)NN(Cc1ccccc1)CC(OC(=O)Cc1c[nH]cn1)C(C(=O)[C@@H](NC(C)=O)C(C)C)C(N)c1ccccc1)C(C)C. The Morgan fingerprint density at radius 1 is 0.857 bits per heavy atom. The number of aromatic amines is 1. The topological polar surface area (TPSA) is 189 Å². The van der Waals surface area contributed by atoms with E-state index in [2.05, 4.69) is 26.0 Å². The number of aromatic nitrogens is 2. The summed E-state index contributed by atoms with van der Waals surface area (Å²) in [5.41, 5.74) is 11.7. The van der Waals surface area contributed by atoms with Crippen LogP contribution in [0.4, 0.5) is 0 Å². The molecular formula is C36H49N7O6. The number of ketones is 1. The van der Waals surface area contributed by atoms with E-state index < -0.39 is 53.7 Å². The second kappa shape index (κ2) is 18.6. The first-order chi connectivity index (χ1) is 23.3. The highest BCUT2D eigenvalue weighted by Gasteiger charge is 2.42. The molecule has 0 aliphatic rings. The van der Waals surface area contributed by atoms with Crippen molar-refractivity contribution in [2.75, 3.05) is 6.54 Å². The van der Waals surface area contributed by atoms with Crippen LogP contribution in [0.1, 0.15) is 64.4 Å². The van der Waals surface area contributed by atoms with Gasteiger partial charge in [0.1, 0.15) is 12.1 Å². The number of hydrogen-bond donors (Lipinski definition) is 5. The molecule has 0 spiro atoms. The van der Waals surface area contributed by atoms with E-state index in [-0.39, 0.29) is 37.3 Å². The highest BCUT2D eigenvalue weighted by atomic mass is 16.5. The number of rotatable bonds is 18. The minimum Gasteiger partial charge on any atom is -0.460 e. The molecule has 3 unspecified atom stereocenters. The van der Waals surface area contributed by atoms with Crippen molar-refractivity contribution in [3.8, 4) is 0 Å². The van der Waals surface area contributed by atoms with Gasteiger partial charge in [-0.15, -0.1) is 0 Å². The van der Waals surface area contributed by atoms with Gasteiger partial charge in [-0.2, -0.15) is 0 Å². The summed E-state index contributed by atoms with van der Waals surface area (Å²) >= 11 is 0. The van der Waals surface area contributed by atoms with E-state index in [4.69, 9.17) is 10.5 Å². The molecule has 0 saturated carbocycles. The van der Waals surface area contributed by atoms with Gasteiger partial charge >= 0.3 is 5.97 Å². The van der Waals surface area contributed by atoms with Crippen LogP contribution in [-0.2, 0) is 41.7 Å². The van der Waals surface area contributed by atoms with Gasteiger partial charge < -0.3 is 26.1 Å². The first kappa shape index (κ1) is 38.6. The molecule has 3 rings (SSSR count). The van der Waals surface area contributed by atoms with Crippen molar-refractivity contribution >= 4 is 29.5 Å². The van der Waals surface area contributed by atoms with Gasteiger partial charge in [-0.3, -0.25) is 29.4 Å². The molecule has 0 aliphatic heterocycles. The molecule has 0 aliphatic carbocycles. The third kappa shape index (κ3) is 11.9. The monoisotopic (exact) mass is 675 g/mol. The molecule has 3 amide bonds. The predicted octanol–water partition coefficient (Wildman–Crippen LogP) is 2.60. The number of ether oxygens (including phenoxy) is 1. The zero-order chi connectivity index (χ0) is 36.1. The summed E-state index contributed by atoms with van der Waals surface area (Å²) in [6, 6.07) is 15.5. The van der Waals surface area contributed by atoms with Crippen LogP contribution in [0.3, 0.4) is 0 Å². The Labute approximate surface area is 287 Å². The van der Waals surface area contributed by atoms with Crippen LogP contribution in [0.15, 0.2) is 73.2 Å². The van der Waals surface area contributed by atoms with Gasteiger partial charge in [-0.1, -0.05) is 88.4 Å². The molecule has 1 aromatic heterocycles. The summed E-state index contributed by atoms with van der Waals surface area (Å²) in [5.74, 6) is -4.11. The van der Waals surface area contributed by atoms with Crippen molar-refractivity contribution in [3.63, 3.8) is 0 Å². The minimum atomic E-state index is -1.22. The zero-order valence-electron chi connectivity index (χ0n) is 29.0. The number of nitrogens with two attached hydrogens (primary N) is 1. The van der Waals surface area contributed by atoms with Crippen molar-refractivity contribution in [1.29, 1.82) is 0 Å². The number of amides is 3. The summed E-state index contributed by atoms with van der Waals surface area (Å²) < 4.78 is 6.14. The Kier molecular flexibility index (Phi) is 14.6. The molecule has 49 heavy (non-hydrogen) atoms. The maximum Gasteiger partial charge on any atom is 0.312 e. The van der Waals surface area contributed by atoms with Crippen LogP contribution in [0, 0.1) is 17.8 Å². The lowest BCUT2D eigenvalue weighted by Crippen LogP contribution is -2.58. The van der Waals surface area contributed by atoms with Crippen LogP contribution >= 0.6 is 0 Å². The number of Topliss-reactive ketones (excluding diaryl/α,β-unsaturated/α-hetero) is 1. The summed E-state index contributed by atoms with van der Waals surface area (Å²) in [7, 11) is 0. The van der Waals surface area contributed by atoms with Crippen LogP contribution < -0.4 is 21.8 Å². The summed E-state index contributed by atoms with van der Waals surface area (Å²) in [5, 5.41) is 7.01. The molecule has 0 fully saturated rings. The van der Waals surface area contributed by atoms with E-state index in [1.54, 1.807) is 49.3 Å². The number of H-pyrrole nitrogens is 1. The highest BCUT2D eigenvalue weighted by molar-refractivity contribution is 5.91. The van der Waals surface area contributed by atoms with Crippen molar-refractivity contribution in [3.05, 3.63) is 90.0 Å². The average Bonchev–Trinajstić information content (AvgIpc) is 3.55. The van der Waals surface area contributed by atoms with E-state index >= 15 is 0 Å². The number of carbonyl (C=O) groups excluding carboxylic acids is 5. The molecule has 1 heterocycles. The van der Waals surface area contributed by atoms with Gasteiger partial charge in [-0.25, -0.2) is 9.99 Å². The van der Waals surface area contributed by atoms with Crippen molar-refractivity contribution in [1.82, 2.24) is 31.0 Å². The largest absolute Gasteiger partial charge is 0.460 e. The third-order valence-electron chi connectivity index (χ3n) is 7.99. The Morgan fingerprint density at radius 2 is 1.43 bits per heavy atom. The smallest absolute Gasteiger partial charge is 0.312 e. The number of esters is 1. The lowest BCUT2D eigenvalue weighted by molar-refractivity contribution is -0.157. The summed E-state index contributed by atoms with van der Waals surface area (Å²) in [6.07, 6.45) is 1.60. The highest BCUT2D eigenvalue weighted by Crippen LogP contribution is 2.29. The Bertz CT molecular complexity index is 1520. The third-order valence-corrected chi connectivity index (χ3v) is 7.99. The number of hydrazine groups is 1. The van der Waals surface area contributed by atoms with Crippen LogP contribution in [-0.4, -0.2) is 69.2 Å². The molecular weight excluding hydrogens is 626 g/mol. The summed E-state index contributed by atoms with van der Waals surface area (Å²) in [4.78, 5) is 73.0. The maximum absolute atomic E-state index is 14.6. The molecule has 3 aromatic rings. The zero-order valence-corrected chi connectivity index (χ0v) is 29.0. The van der Waals surface area contributed by atoms with E-state index in [9.17, 15) is 24.0 Å². The Balaban J connectivity index is 2.14. The molecule has 13 nitrogen and oxygen atoms in total. The quantitative estimate of drug-likeness (QED) is 0.0997. The maximum atomic E-state index is 14.6. The lowest BCUT2D eigenvalue weighted by atomic mass is 9.80. The molecule has 13 heteroatoms. The first-order valence-corrected chi connectivity index (χ1v) is 16.4. The standard InChI is InChI=1S/C36H49N7O6/c1-22(2)33(40-24(5)44)35(47)31(32(37)27-15-11-8-12-16-27)29(49-30(46)17-28-18-38-21-39-28)20-43(19-26-13-9-7-10-14-26)42-36(48)34(23(3)4)41-25(6)45/h7-16,18,21-23,29,31-34H,17,19-20,37H2,1-6H3,(H,38,39)(H,40,44)(H,41,45)(H,42,48)/t29?,31?,32?,33-,34-/m0/s1. The van der Waals surface area contributed by atoms with Gasteiger partial charge in [0.25, 0.3) is 5.91 Å².